The van der Waals surface area contributed by atoms with Crippen molar-refractivity contribution in [2.75, 3.05) is 5.75 Å². The predicted molar refractivity (Wildman–Crippen MR) is 112 cm³/mol. The average molecular weight is 384 g/mol. The average Bonchev–Trinajstić information content (AvgIpc) is 2.68. The number of nitrogens with one attached hydrogen (secondary N) is 1. The van der Waals surface area contributed by atoms with Crippen molar-refractivity contribution < 1.29 is 4.79 Å². The minimum atomic E-state index is -0.150. The highest BCUT2D eigenvalue weighted by Gasteiger charge is 2.21. The number of thioether (sulfide) groups is 2. The fourth-order valence-corrected chi connectivity index (χ4v) is 4.16. The molecule has 26 heavy (non-hydrogen) atoms. The smallest absolute Gasteiger partial charge is 0.239 e. The molecule has 0 radical (unpaired) electrons. The Morgan fingerprint density at radius 2 is 1.88 bits per heavy atom. The van der Waals surface area contributed by atoms with Gasteiger partial charge in [0.2, 0.25) is 5.91 Å². The Balaban J connectivity index is 1.63. The summed E-state index contributed by atoms with van der Waals surface area (Å²) < 4.78 is 0. The first-order valence-electron chi connectivity index (χ1n) is 8.52. The van der Waals surface area contributed by atoms with E-state index in [2.05, 4.69) is 46.7 Å². The van der Waals surface area contributed by atoms with Crippen LogP contribution in [-0.2, 0) is 4.79 Å². The molecule has 1 aliphatic heterocycles. The molecule has 134 valence electrons. The van der Waals surface area contributed by atoms with Crippen LogP contribution in [0.5, 0.6) is 0 Å². The van der Waals surface area contributed by atoms with Crippen molar-refractivity contribution in [1.29, 1.82) is 0 Å². The van der Waals surface area contributed by atoms with E-state index in [9.17, 15) is 4.79 Å². The standard InChI is InChI=1S/C20H21N3OS2/c1-3-18(26-16-7-5-4-6-8-16)19(24)21-20-23-22-17(13-25-20)15-11-9-14(2)10-12-15/h4-12,18H,3,13H2,1-2H3,(H,21,23,24)/t18-/m0/s1. The molecule has 1 N–H and O–H groups in total. The van der Waals surface area contributed by atoms with E-state index in [1.54, 1.807) is 11.8 Å². The van der Waals surface area contributed by atoms with Gasteiger partial charge in [-0.05, 0) is 31.0 Å². The molecule has 0 spiro atoms. The maximum absolute atomic E-state index is 12.6. The SMILES string of the molecule is CC[C@H](Sc1ccccc1)C(=O)NC1=NN=C(c2ccc(C)cc2)CS1. The highest BCUT2D eigenvalue weighted by molar-refractivity contribution is 8.14. The molecule has 1 heterocycles. The van der Waals surface area contributed by atoms with Gasteiger partial charge in [-0.25, -0.2) is 0 Å². The molecular weight excluding hydrogens is 362 g/mol. The molecule has 4 nitrogen and oxygen atoms in total. The molecule has 1 amide bonds. The molecule has 0 fully saturated rings. The fraction of sp³-hybridized carbons (Fsp3) is 0.250. The summed E-state index contributed by atoms with van der Waals surface area (Å²) >= 11 is 3.08. The summed E-state index contributed by atoms with van der Waals surface area (Å²) in [5.41, 5.74) is 3.22. The van der Waals surface area contributed by atoms with Crippen molar-refractivity contribution >= 4 is 40.3 Å². The summed E-state index contributed by atoms with van der Waals surface area (Å²) in [4.78, 5) is 13.7. The van der Waals surface area contributed by atoms with E-state index in [-0.39, 0.29) is 11.2 Å². The van der Waals surface area contributed by atoms with Gasteiger partial charge in [-0.3, -0.25) is 4.79 Å². The Morgan fingerprint density at radius 3 is 2.50 bits per heavy atom. The zero-order valence-corrected chi connectivity index (χ0v) is 16.4. The first-order chi connectivity index (χ1) is 12.7. The van der Waals surface area contributed by atoms with E-state index >= 15 is 0 Å². The second-order valence-corrected chi connectivity index (χ2v) is 8.16. The lowest BCUT2D eigenvalue weighted by Crippen LogP contribution is -2.36. The van der Waals surface area contributed by atoms with E-state index in [0.29, 0.717) is 10.9 Å². The second-order valence-electron chi connectivity index (χ2n) is 5.92. The van der Waals surface area contributed by atoms with Crippen molar-refractivity contribution in [3.8, 4) is 0 Å². The summed E-state index contributed by atoms with van der Waals surface area (Å²) in [7, 11) is 0. The molecule has 0 bridgehead atoms. The van der Waals surface area contributed by atoms with Gasteiger partial charge >= 0.3 is 0 Å². The minimum Gasteiger partial charge on any atom is -0.303 e. The molecule has 0 unspecified atom stereocenters. The van der Waals surface area contributed by atoms with Crippen molar-refractivity contribution in [2.45, 2.75) is 30.4 Å². The maximum Gasteiger partial charge on any atom is 0.239 e. The van der Waals surface area contributed by atoms with Crippen LogP contribution in [0.25, 0.3) is 0 Å². The summed E-state index contributed by atoms with van der Waals surface area (Å²) in [5, 5.41) is 11.8. The largest absolute Gasteiger partial charge is 0.303 e. The Morgan fingerprint density at radius 1 is 1.15 bits per heavy atom. The topological polar surface area (TPSA) is 53.8 Å². The van der Waals surface area contributed by atoms with Gasteiger partial charge in [0.1, 0.15) is 0 Å². The number of amides is 1. The molecule has 1 aliphatic rings. The molecule has 0 aliphatic carbocycles. The van der Waals surface area contributed by atoms with Crippen molar-refractivity contribution in [1.82, 2.24) is 5.32 Å². The van der Waals surface area contributed by atoms with Crippen LogP contribution < -0.4 is 5.32 Å². The molecule has 2 aromatic rings. The molecule has 0 aromatic heterocycles. The second kappa shape index (κ2) is 9.05. The molecule has 6 heteroatoms. The van der Waals surface area contributed by atoms with Crippen LogP contribution in [0.4, 0.5) is 0 Å². The number of rotatable bonds is 5. The summed E-state index contributed by atoms with van der Waals surface area (Å²) in [6.07, 6.45) is 0.751. The number of benzene rings is 2. The molecule has 1 atom stereocenters. The predicted octanol–water partition coefficient (Wildman–Crippen LogP) is 4.49. The quantitative estimate of drug-likeness (QED) is 0.774. The summed E-state index contributed by atoms with van der Waals surface area (Å²) in [6, 6.07) is 18.2. The molecule has 0 saturated carbocycles. The highest BCUT2D eigenvalue weighted by Crippen LogP contribution is 2.25. The Kier molecular flexibility index (Phi) is 6.52. The fourth-order valence-electron chi connectivity index (χ4n) is 2.42. The van der Waals surface area contributed by atoms with Gasteiger partial charge in [0, 0.05) is 10.6 Å². The number of nitrogens with zero attached hydrogens (tertiary/aromatic N) is 2. The van der Waals surface area contributed by atoms with Gasteiger partial charge in [-0.15, -0.1) is 16.9 Å². The van der Waals surface area contributed by atoms with Gasteiger partial charge in [0.05, 0.1) is 11.0 Å². The third-order valence-corrected chi connectivity index (χ3v) is 6.16. The molecule has 2 aromatic carbocycles. The van der Waals surface area contributed by atoms with Gasteiger partial charge in [-0.1, -0.05) is 66.7 Å². The van der Waals surface area contributed by atoms with Crippen LogP contribution in [-0.4, -0.2) is 27.8 Å². The third-order valence-electron chi connectivity index (χ3n) is 3.91. The normalized spacial score (nSPS) is 15.0. The number of carbonyl (C=O) groups is 1. The lowest BCUT2D eigenvalue weighted by Gasteiger charge is -2.17. The number of hydrogen-bond donors (Lipinski definition) is 1. The van der Waals surface area contributed by atoms with Crippen molar-refractivity contribution in [3.05, 3.63) is 65.7 Å². The molecule has 0 saturated heterocycles. The number of amidine groups is 1. The third kappa shape index (κ3) is 4.99. The van der Waals surface area contributed by atoms with Crippen LogP contribution in [0.1, 0.15) is 24.5 Å². The summed E-state index contributed by atoms with van der Waals surface area (Å²) in [6.45, 7) is 4.08. The first-order valence-corrected chi connectivity index (χ1v) is 10.4. The van der Waals surface area contributed by atoms with Gasteiger partial charge in [0.15, 0.2) is 5.17 Å². The molecular formula is C20H21N3OS2. The van der Waals surface area contributed by atoms with Crippen LogP contribution in [0.15, 0.2) is 69.7 Å². The van der Waals surface area contributed by atoms with E-state index in [4.69, 9.17) is 0 Å². The van der Waals surface area contributed by atoms with E-state index in [1.807, 2.05) is 37.3 Å². The highest BCUT2D eigenvalue weighted by atomic mass is 32.2. The lowest BCUT2D eigenvalue weighted by atomic mass is 10.1. The van der Waals surface area contributed by atoms with E-state index < -0.39 is 0 Å². The van der Waals surface area contributed by atoms with Gasteiger partial charge in [0.25, 0.3) is 0 Å². The maximum atomic E-state index is 12.6. The number of aryl methyl sites for hydroxylation is 1. The van der Waals surface area contributed by atoms with E-state index in [0.717, 1.165) is 22.6 Å². The van der Waals surface area contributed by atoms with E-state index in [1.165, 1.54) is 17.3 Å². The molecule has 3 rings (SSSR count). The Hall–Kier alpha value is -2.05. The minimum absolute atomic E-state index is 0.0263. The Bertz CT molecular complexity index is 817. The van der Waals surface area contributed by atoms with Crippen LogP contribution in [0.3, 0.4) is 0 Å². The van der Waals surface area contributed by atoms with Crippen LogP contribution in [0, 0.1) is 6.92 Å². The van der Waals surface area contributed by atoms with Gasteiger partial charge < -0.3 is 5.32 Å². The zero-order valence-electron chi connectivity index (χ0n) is 14.8. The lowest BCUT2D eigenvalue weighted by molar-refractivity contribution is -0.119. The first kappa shape index (κ1) is 18.7. The van der Waals surface area contributed by atoms with Crippen LogP contribution >= 0.6 is 23.5 Å². The Labute approximate surface area is 162 Å². The summed E-state index contributed by atoms with van der Waals surface area (Å²) in [5.74, 6) is 0.673. The monoisotopic (exact) mass is 383 g/mol. The number of carbonyl (C=O) groups excluding carboxylic acids is 1. The zero-order chi connectivity index (χ0) is 18.4. The van der Waals surface area contributed by atoms with Gasteiger partial charge in [-0.2, -0.15) is 5.10 Å². The van der Waals surface area contributed by atoms with Crippen molar-refractivity contribution in [3.63, 3.8) is 0 Å². The van der Waals surface area contributed by atoms with Crippen molar-refractivity contribution in [2.24, 2.45) is 10.2 Å². The van der Waals surface area contributed by atoms with Crippen LogP contribution in [0.2, 0.25) is 0 Å². The number of hydrogen-bond acceptors (Lipinski definition) is 5.